The van der Waals surface area contributed by atoms with E-state index in [1.165, 1.54) is 18.9 Å². The number of aromatic nitrogens is 3. The number of anilines is 1. The average Bonchev–Trinajstić information content (AvgIpc) is 3.79. The van der Waals surface area contributed by atoms with Crippen LogP contribution < -0.4 is 19.7 Å². The number of benzene rings is 2. The van der Waals surface area contributed by atoms with Gasteiger partial charge in [0, 0.05) is 59.7 Å². The molecule has 3 saturated heterocycles. The molecule has 2 aromatic heterocycles. The number of hydrogen-bond donors (Lipinski definition) is 2. The van der Waals surface area contributed by atoms with Crippen molar-refractivity contribution >= 4 is 27.5 Å². The first-order chi connectivity index (χ1) is 23.8. The van der Waals surface area contributed by atoms with Crippen molar-refractivity contribution in [3.63, 3.8) is 0 Å². The number of nitrogens with one attached hydrogen (secondary N) is 1. The number of aromatic hydroxyl groups is 1. The third-order valence-electron chi connectivity index (χ3n) is 11.5. The number of likely N-dealkylation sites (tertiary alicyclic amines) is 1. The number of likely N-dealkylation sites (N-methyl/N-ethyl adjacent to an activating group) is 1. The molecule has 0 amide bonds. The van der Waals surface area contributed by atoms with Crippen molar-refractivity contribution in [2.75, 3.05) is 58.4 Å². The Morgan fingerprint density at radius 1 is 1.14 bits per heavy atom. The number of terminal acetylenes is 1. The third kappa shape index (κ3) is 5.32. The molecule has 10 nitrogen and oxygen atoms in total. The molecule has 0 unspecified atom stereocenters. The number of piperidine rings is 1. The standard InChI is InChI=1S/C38H42FN7O3/c1-4-22-7-5-8-23-15-26(47)16-27(30(22)23)33-32(39)34-31-35(46-17-24-10-11-28(40-24)29(46)19-48-36(31)41-33)43-37(42-34)49-21-38(12-13-38)20-45-14-6-9-25(18-45)44(2)3/h1,5,7-8,15-16,24-25,28-29,40,47H,6,9-14,17-21H2,2-3H3/t24-,25+,28+,29-/m1/s1. The minimum atomic E-state index is -0.629. The summed E-state index contributed by atoms with van der Waals surface area (Å²) in [5.41, 5.74) is 1.10. The van der Waals surface area contributed by atoms with Gasteiger partial charge in [-0.1, -0.05) is 18.1 Å². The van der Waals surface area contributed by atoms with Crippen molar-refractivity contribution in [2.24, 2.45) is 5.41 Å². The lowest BCUT2D eigenvalue weighted by Gasteiger charge is -2.40. The second-order valence-electron chi connectivity index (χ2n) is 15.0. The zero-order valence-corrected chi connectivity index (χ0v) is 28.1. The van der Waals surface area contributed by atoms with E-state index in [1.54, 1.807) is 12.1 Å². The maximum absolute atomic E-state index is 17.1. The molecule has 4 fully saturated rings. The first kappa shape index (κ1) is 30.8. The number of hydrogen-bond acceptors (Lipinski definition) is 10. The number of piperazine rings is 1. The normalized spacial score (nSPS) is 25.6. The van der Waals surface area contributed by atoms with Crippen LogP contribution >= 0.6 is 0 Å². The van der Waals surface area contributed by atoms with Gasteiger partial charge in [-0.05, 0) is 82.8 Å². The molecule has 1 saturated carbocycles. The van der Waals surface area contributed by atoms with Gasteiger partial charge in [0.15, 0.2) is 5.82 Å². The fourth-order valence-corrected chi connectivity index (χ4v) is 8.69. The molecule has 11 heteroatoms. The Kier molecular flexibility index (Phi) is 7.34. The Morgan fingerprint density at radius 3 is 2.84 bits per heavy atom. The van der Waals surface area contributed by atoms with E-state index in [9.17, 15) is 5.11 Å². The molecule has 1 aliphatic carbocycles. The second kappa shape index (κ2) is 11.7. The molecule has 0 radical (unpaired) electrons. The fraction of sp³-hybridized carbons (Fsp3) is 0.500. The Bertz CT molecular complexity index is 2010. The molecule has 254 valence electrons. The van der Waals surface area contributed by atoms with Gasteiger partial charge in [0.1, 0.15) is 34.8 Å². The summed E-state index contributed by atoms with van der Waals surface area (Å²) in [5, 5.41) is 16.2. The van der Waals surface area contributed by atoms with Gasteiger partial charge in [0.25, 0.3) is 0 Å². The summed E-state index contributed by atoms with van der Waals surface area (Å²) < 4.78 is 30.1. The average molecular weight is 664 g/mol. The van der Waals surface area contributed by atoms with Gasteiger partial charge in [0.05, 0.1) is 12.6 Å². The van der Waals surface area contributed by atoms with Gasteiger partial charge in [-0.25, -0.2) is 9.37 Å². The number of fused-ring (bicyclic) bond motifs is 6. The van der Waals surface area contributed by atoms with Crippen LogP contribution in [0.4, 0.5) is 10.2 Å². The first-order valence-electron chi connectivity index (χ1n) is 17.6. The maximum atomic E-state index is 17.1. The Morgan fingerprint density at radius 2 is 2.02 bits per heavy atom. The molecule has 4 atom stereocenters. The van der Waals surface area contributed by atoms with E-state index < -0.39 is 5.82 Å². The largest absolute Gasteiger partial charge is 0.508 e. The molecule has 9 rings (SSSR count). The number of nitrogens with zero attached hydrogens (tertiary/aromatic N) is 6. The molecule has 5 aliphatic rings. The molecule has 2 bridgehead atoms. The molecule has 0 spiro atoms. The molecule has 4 aromatic rings. The number of phenols is 1. The molecule has 6 heterocycles. The van der Waals surface area contributed by atoms with Crippen LogP contribution in [-0.4, -0.2) is 108 Å². The van der Waals surface area contributed by atoms with E-state index in [2.05, 4.69) is 40.0 Å². The lowest BCUT2D eigenvalue weighted by Crippen LogP contribution is -2.60. The maximum Gasteiger partial charge on any atom is 0.319 e. The highest BCUT2D eigenvalue weighted by molar-refractivity contribution is 6.04. The Labute approximate surface area is 285 Å². The highest BCUT2D eigenvalue weighted by atomic mass is 19.1. The van der Waals surface area contributed by atoms with E-state index >= 15 is 4.39 Å². The predicted octanol–water partition coefficient (Wildman–Crippen LogP) is 4.56. The zero-order chi connectivity index (χ0) is 33.4. The minimum absolute atomic E-state index is 0.00132. The summed E-state index contributed by atoms with van der Waals surface area (Å²) in [7, 11) is 4.33. The summed E-state index contributed by atoms with van der Waals surface area (Å²) in [6, 6.07) is 9.87. The number of pyridine rings is 1. The summed E-state index contributed by atoms with van der Waals surface area (Å²) in [6.07, 6.45) is 12.6. The van der Waals surface area contributed by atoms with Crippen LogP contribution in [0.3, 0.4) is 0 Å². The smallest absolute Gasteiger partial charge is 0.319 e. The number of ether oxygens (including phenoxy) is 2. The Hall–Kier alpha value is -4.24. The summed E-state index contributed by atoms with van der Waals surface area (Å²) in [4.78, 5) is 21.7. The van der Waals surface area contributed by atoms with Crippen molar-refractivity contribution in [2.45, 2.75) is 62.7 Å². The second-order valence-corrected chi connectivity index (χ2v) is 15.0. The zero-order valence-electron chi connectivity index (χ0n) is 28.1. The van der Waals surface area contributed by atoms with Gasteiger partial charge in [-0.15, -0.1) is 6.42 Å². The molecule has 49 heavy (non-hydrogen) atoms. The first-order valence-corrected chi connectivity index (χ1v) is 17.6. The van der Waals surface area contributed by atoms with Crippen molar-refractivity contribution in [3.8, 4) is 41.2 Å². The molecule has 2 aromatic carbocycles. The van der Waals surface area contributed by atoms with Crippen LogP contribution in [0.15, 0.2) is 30.3 Å². The van der Waals surface area contributed by atoms with E-state index in [-0.39, 0.29) is 46.3 Å². The predicted molar refractivity (Wildman–Crippen MR) is 187 cm³/mol. The van der Waals surface area contributed by atoms with Crippen LogP contribution in [0.1, 0.15) is 44.1 Å². The highest BCUT2D eigenvalue weighted by Crippen LogP contribution is 2.48. The van der Waals surface area contributed by atoms with Crippen molar-refractivity contribution < 1.29 is 19.0 Å². The van der Waals surface area contributed by atoms with Crippen LogP contribution in [-0.2, 0) is 0 Å². The number of rotatable bonds is 7. The van der Waals surface area contributed by atoms with Crippen LogP contribution in [0.5, 0.6) is 17.6 Å². The van der Waals surface area contributed by atoms with Crippen molar-refractivity contribution in [1.29, 1.82) is 0 Å². The van der Waals surface area contributed by atoms with Crippen LogP contribution in [0, 0.1) is 23.6 Å². The van der Waals surface area contributed by atoms with Crippen LogP contribution in [0.25, 0.3) is 32.9 Å². The molecule has 2 N–H and O–H groups in total. The van der Waals surface area contributed by atoms with Crippen molar-refractivity contribution in [3.05, 3.63) is 41.7 Å². The van der Waals surface area contributed by atoms with Gasteiger partial charge < -0.3 is 34.6 Å². The monoisotopic (exact) mass is 663 g/mol. The Balaban J connectivity index is 1.14. The van der Waals surface area contributed by atoms with Gasteiger partial charge >= 0.3 is 6.01 Å². The topological polar surface area (TPSA) is 99.1 Å². The fourth-order valence-electron chi connectivity index (χ4n) is 8.69. The summed E-state index contributed by atoms with van der Waals surface area (Å²) >= 11 is 0. The van der Waals surface area contributed by atoms with Crippen molar-refractivity contribution in [1.82, 2.24) is 30.1 Å². The van der Waals surface area contributed by atoms with E-state index in [4.69, 9.17) is 30.8 Å². The summed E-state index contributed by atoms with van der Waals surface area (Å²) in [5.74, 6) is 2.95. The highest BCUT2D eigenvalue weighted by Gasteiger charge is 2.47. The summed E-state index contributed by atoms with van der Waals surface area (Å²) in [6.45, 7) is 4.71. The van der Waals surface area contributed by atoms with Gasteiger partial charge in [-0.3, -0.25) is 0 Å². The third-order valence-corrected chi connectivity index (χ3v) is 11.5. The van der Waals surface area contributed by atoms with Gasteiger partial charge in [-0.2, -0.15) is 9.97 Å². The van der Waals surface area contributed by atoms with Gasteiger partial charge in [0.2, 0.25) is 5.88 Å². The van der Waals surface area contributed by atoms with E-state index in [0.717, 1.165) is 51.9 Å². The van der Waals surface area contributed by atoms with E-state index in [0.29, 0.717) is 58.4 Å². The lowest BCUT2D eigenvalue weighted by molar-refractivity contribution is 0.0954. The SMILES string of the molecule is C#Cc1cccc2cc(O)cc(-c3nc4c5c(nc(OCC6(CN7CCC[C@H](N(C)C)C7)CC6)nc5c3F)N3C[C@H]5CC[C@H](N5)[C@H]3CO4)c12. The molecular formula is C38H42FN7O3. The van der Waals surface area contributed by atoms with Crippen LogP contribution in [0.2, 0.25) is 0 Å². The lowest BCUT2D eigenvalue weighted by atomic mass is 9.96. The molecule has 4 aliphatic heterocycles. The quantitative estimate of drug-likeness (QED) is 0.274. The van der Waals surface area contributed by atoms with E-state index in [1.807, 2.05) is 12.1 Å². The molecular weight excluding hydrogens is 621 g/mol. The number of phenolic OH excluding ortho intramolecular Hbond substituents is 1. The number of halogens is 1. The minimum Gasteiger partial charge on any atom is -0.508 e.